The standard InChI is InChI=1S/C11H21NOSi.C11H4.H5NOSi.8H2/c1-9(2)10(3)8-12-11(4)13-14(5,6)7;1-3-5-7-9-11-10-8-6-4-2;2-1-3;;;;;;;;/h8-9H,3-4H2,1-2,5-7H3;1H,2H3;1-2H,3H3;8*1H. The minimum absolute atomic E-state index is 0. The molecule has 164 valence electrons. The van der Waals surface area contributed by atoms with Crippen LogP contribution in [0.5, 0.6) is 0 Å². The summed E-state index contributed by atoms with van der Waals surface area (Å²) in [5.74, 6) is 22.9. The second-order valence-electron chi connectivity index (χ2n) is 6.09. The highest BCUT2D eigenvalue weighted by molar-refractivity contribution is 6.70. The van der Waals surface area contributed by atoms with E-state index in [4.69, 9.17) is 16.1 Å². The smallest absolute Gasteiger partial charge is 0.244 e. The van der Waals surface area contributed by atoms with Gasteiger partial charge in [0.2, 0.25) is 8.32 Å². The lowest BCUT2D eigenvalue weighted by Gasteiger charge is -2.18. The molecule has 0 aliphatic rings. The zero-order valence-electron chi connectivity index (χ0n) is 17.9. The number of nitrogens with one attached hydrogen (secondary N) is 1. The summed E-state index contributed by atoms with van der Waals surface area (Å²) in [6.07, 6.45) is 6.57. The number of terminal acetylenes is 1. The second-order valence-corrected chi connectivity index (χ2v) is 11.0. The summed E-state index contributed by atoms with van der Waals surface area (Å²) >= 11 is 0. The van der Waals surface area contributed by atoms with E-state index in [0.29, 0.717) is 22.2 Å². The third-order valence-corrected chi connectivity index (χ3v) is 2.96. The van der Waals surface area contributed by atoms with Gasteiger partial charge in [0, 0.05) is 17.6 Å². The number of hydrogen-bond donors (Lipinski definition) is 2. The molecule has 0 fully saturated rings. The monoisotopic (exact) mass is 426 g/mol. The fraction of sp³-hybridized carbons (Fsp3) is 0.318. The van der Waals surface area contributed by atoms with Crippen LogP contribution in [-0.2, 0) is 4.43 Å². The van der Waals surface area contributed by atoms with E-state index in [1.165, 1.54) is 0 Å². The minimum atomic E-state index is -1.56. The van der Waals surface area contributed by atoms with Crippen LogP contribution in [0, 0.1) is 65.6 Å². The van der Waals surface area contributed by atoms with E-state index in [1.54, 1.807) is 13.1 Å². The van der Waals surface area contributed by atoms with Crippen LogP contribution < -0.4 is 5.15 Å². The van der Waals surface area contributed by atoms with Crippen molar-refractivity contribution in [3.8, 4) is 59.7 Å². The summed E-state index contributed by atoms with van der Waals surface area (Å²) < 4.78 is 5.57. The average Bonchev–Trinajstić information content (AvgIpc) is 2.58. The van der Waals surface area contributed by atoms with Crippen molar-refractivity contribution in [3.63, 3.8) is 0 Å². The molecular weight excluding hydrogens is 380 g/mol. The Morgan fingerprint density at radius 1 is 1.14 bits per heavy atom. The summed E-state index contributed by atoms with van der Waals surface area (Å²) in [6.45, 7) is 19.8. The Balaban J connectivity index is -0.0000000292. The van der Waals surface area contributed by atoms with E-state index >= 15 is 0 Å². The van der Waals surface area contributed by atoms with Gasteiger partial charge in [0.15, 0.2) is 5.88 Å². The van der Waals surface area contributed by atoms with Crippen LogP contribution in [0.4, 0.5) is 0 Å². The Kier molecular flexibility index (Phi) is 21.8. The summed E-state index contributed by atoms with van der Waals surface area (Å²) in [5.41, 5.74) is 0.991. The summed E-state index contributed by atoms with van der Waals surface area (Å²) in [7, 11) is -0.888. The SMILES string of the molecule is C#CC#CC#CC#CC#CC.C=C(N=CC(=C)C(C)C)O[Si](C)(C)C.ON[SiH3].[HH].[HH].[HH].[HH].[HH].[HH].[HH].[HH]. The molecule has 0 bridgehead atoms. The molecule has 2 N–H and O–H groups in total. The molecule has 0 saturated heterocycles. The molecule has 4 nitrogen and oxygen atoms in total. The molecule has 0 aliphatic heterocycles. The molecule has 28 heavy (non-hydrogen) atoms. The Bertz CT molecular complexity index is 826. The van der Waals surface area contributed by atoms with E-state index in [1.807, 2.05) is 5.15 Å². The molecule has 0 aromatic rings. The fourth-order valence-electron chi connectivity index (χ4n) is 0.939. The topological polar surface area (TPSA) is 53.9 Å². The maximum Gasteiger partial charge on any atom is 0.244 e. The first-order valence-electron chi connectivity index (χ1n) is 8.34. The van der Waals surface area contributed by atoms with Gasteiger partial charge in [-0.1, -0.05) is 26.3 Å². The Hall–Kier alpha value is -2.90. The summed E-state index contributed by atoms with van der Waals surface area (Å²) in [6, 6.07) is 0. The second kappa shape index (κ2) is 20.4. The Morgan fingerprint density at radius 2 is 1.57 bits per heavy atom. The van der Waals surface area contributed by atoms with Gasteiger partial charge in [0.05, 0.1) is 0 Å². The van der Waals surface area contributed by atoms with E-state index in [2.05, 4.69) is 105 Å². The van der Waals surface area contributed by atoms with Crippen molar-refractivity contribution in [3.05, 3.63) is 24.6 Å². The number of aliphatic imine (C=N–C) groups is 1. The van der Waals surface area contributed by atoms with E-state index < -0.39 is 8.32 Å². The van der Waals surface area contributed by atoms with Gasteiger partial charge in [-0.05, 0) is 92.0 Å². The highest BCUT2D eigenvalue weighted by Gasteiger charge is 2.16. The average molecular weight is 427 g/mol. The van der Waals surface area contributed by atoms with Crippen LogP contribution in [0.3, 0.4) is 0 Å². The van der Waals surface area contributed by atoms with Crippen molar-refractivity contribution in [1.82, 2.24) is 5.15 Å². The Labute approximate surface area is 187 Å². The molecule has 0 aromatic carbocycles. The lowest BCUT2D eigenvalue weighted by Crippen LogP contribution is -2.24. The molecular formula is C22H46N2O2Si2. The molecule has 0 atom stereocenters. The molecule has 6 heteroatoms. The molecule has 0 aliphatic carbocycles. The van der Waals surface area contributed by atoms with Crippen molar-refractivity contribution >= 4 is 24.9 Å². The van der Waals surface area contributed by atoms with E-state index in [0.717, 1.165) is 5.57 Å². The van der Waals surface area contributed by atoms with Crippen LogP contribution in [0.25, 0.3) is 0 Å². The van der Waals surface area contributed by atoms with Gasteiger partial charge in [-0.2, -0.15) is 0 Å². The first-order valence-corrected chi connectivity index (χ1v) is 12.7. The van der Waals surface area contributed by atoms with Gasteiger partial charge in [-0.15, -0.1) is 6.42 Å². The van der Waals surface area contributed by atoms with Crippen LogP contribution in [0.1, 0.15) is 32.2 Å². The van der Waals surface area contributed by atoms with Crippen LogP contribution >= 0.6 is 0 Å². The normalized spacial score (nSPS) is 8.25. The van der Waals surface area contributed by atoms with E-state index in [9.17, 15) is 0 Å². The van der Waals surface area contributed by atoms with Crippen molar-refractivity contribution in [2.45, 2.75) is 40.4 Å². The van der Waals surface area contributed by atoms with Gasteiger partial charge in [0.1, 0.15) is 10.4 Å². The van der Waals surface area contributed by atoms with E-state index in [-0.39, 0.29) is 11.4 Å². The number of nitrogens with zero attached hydrogens (tertiary/aromatic N) is 1. The molecule has 0 saturated carbocycles. The number of allylic oxidation sites excluding steroid dienone is 1. The van der Waals surface area contributed by atoms with Gasteiger partial charge >= 0.3 is 0 Å². The highest BCUT2D eigenvalue weighted by atomic mass is 28.4. The first-order chi connectivity index (χ1) is 13.0. The molecule has 0 aromatic heterocycles. The first kappa shape index (κ1) is 29.9. The number of hydrogen-bond acceptors (Lipinski definition) is 4. The van der Waals surface area contributed by atoms with Gasteiger partial charge in [0.25, 0.3) is 0 Å². The third kappa shape index (κ3) is 30.9. The maximum absolute atomic E-state index is 7.38. The van der Waals surface area contributed by atoms with Crippen LogP contribution in [0.2, 0.25) is 19.6 Å². The maximum atomic E-state index is 7.38. The quantitative estimate of drug-likeness (QED) is 0.224. The van der Waals surface area contributed by atoms with Crippen LogP contribution in [-0.4, -0.2) is 30.1 Å². The van der Waals surface area contributed by atoms with Crippen molar-refractivity contribution < 1.29 is 21.0 Å². The number of rotatable bonds is 5. The van der Waals surface area contributed by atoms with Gasteiger partial charge in [-0.3, -0.25) is 0 Å². The largest absolute Gasteiger partial charge is 0.532 e. The third-order valence-electron chi connectivity index (χ3n) is 2.11. The van der Waals surface area contributed by atoms with Crippen molar-refractivity contribution in [2.24, 2.45) is 10.9 Å². The zero-order valence-corrected chi connectivity index (χ0v) is 20.9. The van der Waals surface area contributed by atoms with Gasteiger partial charge in [-0.25, -0.2) is 10.1 Å². The minimum Gasteiger partial charge on any atom is -0.532 e. The van der Waals surface area contributed by atoms with Crippen molar-refractivity contribution in [2.75, 3.05) is 0 Å². The zero-order chi connectivity index (χ0) is 22.4. The van der Waals surface area contributed by atoms with Crippen molar-refractivity contribution in [1.29, 1.82) is 0 Å². The fourth-order valence-corrected chi connectivity index (χ4v) is 1.70. The molecule has 0 heterocycles. The molecule has 0 rings (SSSR count). The predicted molar refractivity (Wildman–Crippen MR) is 143 cm³/mol. The molecule has 0 unspecified atom stereocenters. The summed E-state index contributed by atoms with van der Waals surface area (Å²) in [4.78, 5) is 4.12. The molecule has 0 radical (unpaired) electrons. The molecule has 0 amide bonds. The molecule has 0 spiro atoms. The van der Waals surface area contributed by atoms with Crippen LogP contribution in [0.15, 0.2) is 29.6 Å². The lowest BCUT2D eigenvalue weighted by atomic mass is 10.1. The predicted octanol–water partition coefficient (Wildman–Crippen LogP) is 4.46. The van der Waals surface area contributed by atoms with Gasteiger partial charge < -0.3 is 9.63 Å². The summed E-state index contributed by atoms with van der Waals surface area (Å²) in [5, 5.41) is 9.27. The lowest BCUT2D eigenvalue weighted by molar-refractivity contribution is 0.250. The Morgan fingerprint density at radius 3 is 1.93 bits per heavy atom. The highest BCUT2D eigenvalue weighted by Crippen LogP contribution is 2.10.